The lowest BCUT2D eigenvalue weighted by molar-refractivity contribution is -0.123. The van der Waals surface area contributed by atoms with Crippen molar-refractivity contribution in [2.24, 2.45) is 11.8 Å². The summed E-state index contributed by atoms with van der Waals surface area (Å²) in [6.07, 6.45) is 5.24. The zero-order valence-corrected chi connectivity index (χ0v) is 13.8. The maximum absolute atomic E-state index is 12.4. The van der Waals surface area contributed by atoms with Gasteiger partial charge in [0.2, 0.25) is 5.91 Å². The fourth-order valence-corrected chi connectivity index (χ4v) is 3.59. The first-order valence-electron chi connectivity index (χ1n) is 7.95. The highest BCUT2D eigenvalue weighted by atomic mass is 35.5. The van der Waals surface area contributed by atoms with Crippen molar-refractivity contribution in [1.29, 1.82) is 0 Å². The number of halogens is 1. The predicted octanol–water partition coefficient (Wildman–Crippen LogP) is 3.63. The Kier molecular flexibility index (Phi) is 4.39. The third-order valence-corrected chi connectivity index (χ3v) is 5.31. The first kappa shape index (κ1) is 15.3. The van der Waals surface area contributed by atoms with Crippen molar-refractivity contribution in [2.45, 2.75) is 45.7 Å². The first-order valence-corrected chi connectivity index (χ1v) is 8.33. The molecule has 3 rings (SSSR count). The molecule has 1 fully saturated rings. The van der Waals surface area contributed by atoms with E-state index in [4.69, 9.17) is 11.6 Å². The van der Waals surface area contributed by atoms with Gasteiger partial charge >= 0.3 is 0 Å². The number of carbonyl (C=O) groups is 1. The van der Waals surface area contributed by atoms with Crippen molar-refractivity contribution in [3.63, 3.8) is 0 Å². The zero-order valence-electron chi connectivity index (χ0n) is 13.1. The Labute approximate surface area is 135 Å². The van der Waals surface area contributed by atoms with Crippen molar-refractivity contribution in [2.75, 3.05) is 0 Å². The van der Waals surface area contributed by atoms with Crippen LogP contribution in [0.4, 0.5) is 0 Å². The smallest absolute Gasteiger partial charge is 0.241 e. The number of hydrogen-bond acceptors (Lipinski definition) is 2. The van der Waals surface area contributed by atoms with E-state index in [0.717, 1.165) is 17.3 Å². The topological polar surface area (TPSA) is 46.9 Å². The number of benzene rings is 1. The minimum atomic E-state index is 0.0240. The van der Waals surface area contributed by atoms with Crippen LogP contribution in [0.15, 0.2) is 24.4 Å². The van der Waals surface area contributed by atoms with Crippen LogP contribution in [-0.2, 0) is 11.3 Å². The summed E-state index contributed by atoms with van der Waals surface area (Å²) in [6, 6.07) is 5.93. The summed E-state index contributed by atoms with van der Waals surface area (Å²) < 4.78 is 1.72. The molecule has 1 amide bonds. The molecule has 1 aliphatic carbocycles. The molecule has 3 atom stereocenters. The number of hydrogen-bond donors (Lipinski definition) is 1. The van der Waals surface area contributed by atoms with E-state index in [1.54, 1.807) is 10.9 Å². The molecule has 0 bridgehead atoms. The summed E-state index contributed by atoms with van der Waals surface area (Å²) in [7, 11) is 0. The van der Waals surface area contributed by atoms with E-state index >= 15 is 0 Å². The van der Waals surface area contributed by atoms with Gasteiger partial charge in [-0.2, -0.15) is 5.10 Å². The molecule has 1 aliphatic rings. The Morgan fingerprint density at radius 1 is 1.41 bits per heavy atom. The first-order chi connectivity index (χ1) is 10.6. The molecule has 5 heteroatoms. The van der Waals surface area contributed by atoms with Gasteiger partial charge in [-0.05, 0) is 30.4 Å². The molecule has 0 unspecified atom stereocenters. The molecule has 1 saturated carbocycles. The van der Waals surface area contributed by atoms with E-state index in [0.29, 0.717) is 16.9 Å². The van der Waals surface area contributed by atoms with Crippen LogP contribution in [-0.4, -0.2) is 21.7 Å². The molecule has 2 aromatic rings. The van der Waals surface area contributed by atoms with E-state index < -0.39 is 0 Å². The van der Waals surface area contributed by atoms with Crippen LogP contribution >= 0.6 is 11.6 Å². The molecule has 0 saturated heterocycles. The van der Waals surface area contributed by atoms with Gasteiger partial charge in [0.05, 0.1) is 16.7 Å². The quantitative estimate of drug-likeness (QED) is 0.939. The second-order valence-corrected chi connectivity index (χ2v) is 6.82. The molecule has 1 heterocycles. The second-order valence-electron chi connectivity index (χ2n) is 6.42. The number of fused-ring (bicyclic) bond motifs is 1. The zero-order chi connectivity index (χ0) is 15.7. The van der Waals surface area contributed by atoms with Crippen LogP contribution in [0.25, 0.3) is 10.9 Å². The maximum Gasteiger partial charge on any atom is 0.241 e. The molecular weight excluding hydrogens is 298 g/mol. The van der Waals surface area contributed by atoms with E-state index in [9.17, 15) is 4.79 Å². The summed E-state index contributed by atoms with van der Waals surface area (Å²) in [4.78, 5) is 12.4. The van der Waals surface area contributed by atoms with Gasteiger partial charge < -0.3 is 5.32 Å². The average molecular weight is 320 g/mol. The highest BCUT2D eigenvalue weighted by Gasteiger charge is 2.28. The number of rotatable bonds is 3. The third kappa shape index (κ3) is 2.98. The van der Waals surface area contributed by atoms with Crippen LogP contribution in [0.3, 0.4) is 0 Å². The highest BCUT2D eigenvalue weighted by Crippen LogP contribution is 2.29. The van der Waals surface area contributed by atoms with E-state index in [1.165, 1.54) is 12.8 Å². The monoisotopic (exact) mass is 319 g/mol. The van der Waals surface area contributed by atoms with Gasteiger partial charge in [0.25, 0.3) is 0 Å². The van der Waals surface area contributed by atoms with Gasteiger partial charge in [-0.3, -0.25) is 9.48 Å². The molecule has 1 aromatic heterocycles. The third-order valence-electron chi connectivity index (χ3n) is 4.98. The van der Waals surface area contributed by atoms with Crippen molar-refractivity contribution in [1.82, 2.24) is 15.1 Å². The molecule has 0 radical (unpaired) electrons. The number of amides is 1. The second kappa shape index (κ2) is 6.29. The summed E-state index contributed by atoms with van der Waals surface area (Å²) in [5.41, 5.74) is 0.896. The Morgan fingerprint density at radius 2 is 2.23 bits per heavy atom. The molecule has 4 nitrogen and oxygen atoms in total. The SMILES string of the molecule is C[C@H]1[C@H](C)CCC[C@H]1NC(=O)Cn1ncc2c(Cl)cccc21. The lowest BCUT2D eigenvalue weighted by atomic mass is 9.78. The maximum atomic E-state index is 12.4. The standard InChI is InChI=1S/C17H22ClN3O/c1-11-5-3-7-15(12(11)2)20-17(22)10-21-16-8-4-6-14(18)13(16)9-19-21/h4,6,8-9,11-12,15H,3,5,7,10H2,1-2H3,(H,20,22)/t11-,12+,15-/m1/s1. The van der Waals surface area contributed by atoms with E-state index in [-0.39, 0.29) is 18.5 Å². The summed E-state index contributed by atoms with van der Waals surface area (Å²) in [6.45, 7) is 4.74. The minimum Gasteiger partial charge on any atom is -0.351 e. The van der Waals surface area contributed by atoms with Gasteiger partial charge in [-0.15, -0.1) is 0 Å². The molecule has 1 aromatic carbocycles. The summed E-state index contributed by atoms with van der Waals surface area (Å²) >= 11 is 6.14. The highest BCUT2D eigenvalue weighted by molar-refractivity contribution is 6.35. The van der Waals surface area contributed by atoms with Gasteiger partial charge in [-0.1, -0.05) is 44.4 Å². The normalized spacial score (nSPS) is 25.3. The number of nitrogens with zero attached hydrogens (tertiary/aromatic N) is 2. The Bertz CT molecular complexity index is 682. The van der Waals surface area contributed by atoms with E-state index in [2.05, 4.69) is 24.3 Å². The molecule has 0 aliphatic heterocycles. The van der Waals surface area contributed by atoms with Crippen molar-refractivity contribution >= 4 is 28.4 Å². The average Bonchev–Trinajstić information content (AvgIpc) is 2.88. The van der Waals surface area contributed by atoms with Crippen LogP contribution in [0, 0.1) is 11.8 Å². The van der Waals surface area contributed by atoms with Crippen molar-refractivity contribution < 1.29 is 4.79 Å². The van der Waals surface area contributed by atoms with Gasteiger partial charge in [0.1, 0.15) is 6.54 Å². The lowest BCUT2D eigenvalue weighted by Gasteiger charge is -2.34. The number of nitrogens with one attached hydrogen (secondary N) is 1. The lowest BCUT2D eigenvalue weighted by Crippen LogP contribution is -2.44. The van der Waals surface area contributed by atoms with Crippen LogP contribution in [0.5, 0.6) is 0 Å². The van der Waals surface area contributed by atoms with Gasteiger partial charge in [0, 0.05) is 11.4 Å². The number of carbonyl (C=O) groups excluding carboxylic acids is 1. The largest absolute Gasteiger partial charge is 0.351 e. The molecular formula is C17H22ClN3O. The van der Waals surface area contributed by atoms with Crippen molar-refractivity contribution in [3.05, 3.63) is 29.4 Å². The summed E-state index contributed by atoms with van der Waals surface area (Å²) in [5, 5.41) is 9.03. The fourth-order valence-electron chi connectivity index (χ4n) is 3.37. The van der Waals surface area contributed by atoms with Gasteiger partial charge in [-0.25, -0.2) is 0 Å². The molecule has 118 valence electrons. The van der Waals surface area contributed by atoms with Crippen LogP contribution < -0.4 is 5.32 Å². The molecule has 22 heavy (non-hydrogen) atoms. The van der Waals surface area contributed by atoms with Crippen molar-refractivity contribution in [3.8, 4) is 0 Å². The molecule has 0 spiro atoms. The fraction of sp³-hybridized carbons (Fsp3) is 0.529. The Morgan fingerprint density at radius 3 is 3.05 bits per heavy atom. The number of aromatic nitrogens is 2. The van der Waals surface area contributed by atoms with Crippen LogP contribution in [0.1, 0.15) is 33.1 Å². The Hall–Kier alpha value is -1.55. The van der Waals surface area contributed by atoms with Crippen LogP contribution in [0.2, 0.25) is 5.02 Å². The predicted molar refractivity (Wildman–Crippen MR) is 88.9 cm³/mol. The van der Waals surface area contributed by atoms with E-state index in [1.807, 2.05) is 18.2 Å². The summed E-state index contributed by atoms with van der Waals surface area (Å²) in [5.74, 6) is 1.22. The Balaban J connectivity index is 1.70. The minimum absolute atomic E-state index is 0.0240. The van der Waals surface area contributed by atoms with Gasteiger partial charge in [0.15, 0.2) is 0 Å². The molecule has 1 N–H and O–H groups in total.